The maximum absolute atomic E-state index is 12.9. The quantitative estimate of drug-likeness (QED) is 0.654. The lowest BCUT2D eigenvalue weighted by molar-refractivity contribution is 0.0756. The van der Waals surface area contributed by atoms with Gasteiger partial charge >= 0.3 is 5.63 Å². The third-order valence-corrected chi connectivity index (χ3v) is 4.85. The van der Waals surface area contributed by atoms with Crippen molar-refractivity contribution < 1.29 is 18.5 Å². The van der Waals surface area contributed by atoms with Gasteiger partial charge in [0.2, 0.25) is 0 Å². The standard InChI is InChI=1S/C21H21N3O5/c1-13-10-18(17-7-5-9-27-17)28-21(26)19(13)20(25)24(2)12-14-11-16(23-29-14)15-6-3-4-8-22-15/h3-4,6,8,10-11,17H,5,7,9,12H2,1-2H3. The molecular formula is C21H21N3O5. The molecule has 8 nitrogen and oxygen atoms in total. The van der Waals surface area contributed by atoms with E-state index in [2.05, 4.69) is 10.1 Å². The third kappa shape index (κ3) is 3.97. The number of hydrogen-bond donors (Lipinski definition) is 0. The molecule has 1 saturated heterocycles. The van der Waals surface area contributed by atoms with Crippen LogP contribution in [0.5, 0.6) is 0 Å². The molecule has 4 rings (SSSR count). The van der Waals surface area contributed by atoms with Crippen LogP contribution in [0.2, 0.25) is 0 Å². The first-order valence-electron chi connectivity index (χ1n) is 9.41. The number of pyridine rings is 1. The van der Waals surface area contributed by atoms with Gasteiger partial charge in [0.1, 0.15) is 23.1 Å². The molecule has 1 fully saturated rings. The summed E-state index contributed by atoms with van der Waals surface area (Å²) in [6.07, 6.45) is 3.18. The van der Waals surface area contributed by atoms with Gasteiger partial charge in [-0.1, -0.05) is 11.2 Å². The molecule has 29 heavy (non-hydrogen) atoms. The van der Waals surface area contributed by atoms with E-state index in [1.165, 1.54) is 4.90 Å². The zero-order chi connectivity index (χ0) is 20.4. The van der Waals surface area contributed by atoms with Gasteiger partial charge in [-0.3, -0.25) is 9.78 Å². The van der Waals surface area contributed by atoms with Crippen LogP contribution in [-0.4, -0.2) is 34.6 Å². The van der Waals surface area contributed by atoms with E-state index in [1.54, 1.807) is 32.3 Å². The molecule has 1 unspecified atom stereocenters. The molecule has 1 aliphatic heterocycles. The highest BCUT2D eigenvalue weighted by molar-refractivity contribution is 5.94. The summed E-state index contributed by atoms with van der Waals surface area (Å²) in [7, 11) is 1.60. The van der Waals surface area contributed by atoms with Gasteiger partial charge in [0.05, 0.1) is 12.2 Å². The highest BCUT2D eigenvalue weighted by Gasteiger charge is 2.26. The molecule has 3 aromatic rings. The second-order valence-electron chi connectivity index (χ2n) is 7.05. The smallest absolute Gasteiger partial charge is 0.349 e. The number of aryl methyl sites for hydroxylation is 1. The Labute approximate surface area is 167 Å². The molecule has 8 heteroatoms. The Morgan fingerprint density at radius 3 is 2.83 bits per heavy atom. The lowest BCUT2D eigenvalue weighted by Crippen LogP contribution is -2.31. The SMILES string of the molecule is Cc1cc(C2CCCO2)oc(=O)c1C(=O)N(C)Cc1cc(-c2ccccn2)no1. The minimum Gasteiger partial charge on any atom is -0.424 e. The molecule has 150 valence electrons. The normalized spacial score (nSPS) is 16.1. The maximum Gasteiger partial charge on any atom is 0.349 e. The average Bonchev–Trinajstić information content (AvgIpc) is 3.40. The molecule has 0 aliphatic carbocycles. The summed E-state index contributed by atoms with van der Waals surface area (Å²) >= 11 is 0. The summed E-state index contributed by atoms with van der Waals surface area (Å²) in [6, 6.07) is 8.93. The predicted octanol–water partition coefficient (Wildman–Crippen LogP) is 3.12. The second-order valence-corrected chi connectivity index (χ2v) is 7.05. The van der Waals surface area contributed by atoms with Gasteiger partial charge < -0.3 is 18.6 Å². The van der Waals surface area contributed by atoms with Crippen molar-refractivity contribution in [1.29, 1.82) is 0 Å². The molecular weight excluding hydrogens is 374 g/mol. The Hall–Kier alpha value is -3.26. The van der Waals surface area contributed by atoms with Crippen LogP contribution in [0.15, 0.2) is 50.3 Å². The van der Waals surface area contributed by atoms with Crippen LogP contribution in [-0.2, 0) is 11.3 Å². The van der Waals surface area contributed by atoms with E-state index >= 15 is 0 Å². The number of carbonyl (C=O) groups excluding carboxylic acids is 1. The largest absolute Gasteiger partial charge is 0.424 e. The molecule has 0 bridgehead atoms. The number of rotatable bonds is 5. The first kappa shape index (κ1) is 19.1. The highest BCUT2D eigenvalue weighted by atomic mass is 16.5. The summed E-state index contributed by atoms with van der Waals surface area (Å²) in [4.78, 5) is 31.0. The number of ether oxygens (including phenoxy) is 1. The molecule has 0 spiro atoms. The fourth-order valence-corrected chi connectivity index (χ4v) is 3.37. The van der Waals surface area contributed by atoms with Gasteiger partial charge in [0.15, 0.2) is 5.76 Å². The number of nitrogens with zero attached hydrogens (tertiary/aromatic N) is 3. The summed E-state index contributed by atoms with van der Waals surface area (Å²) in [5, 5.41) is 3.99. The number of hydrogen-bond acceptors (Lipinski definition) is 7. The van der Waals surface area contributed by atoms with E-state index in [1.807, 2.05) is 18.2 Å². The van der Waals surface area contributed by atoms with E-state index < -0.39 is 11.5 Å². The van der Waals surface area contributed by atoms with Crippen molar-refractivity contribution in [2.24, 2.45) is 0 Å². The average molecular weight is 395 g/mol. The fraction of sp³-hybridized carbons (Fsp3) is 0.333. The topological polar surface area (TPSA) is 98.7 Å². The second kappa shape index (κ2) is 8.00. The molecule has 0 aromatic carbocycles. The molecule has 3 aromatic heterocycles. The predicted molar refractivity (Wildman–Crippen MR) is 103 cm³/mol. The Bertz CT molecular complexity index is 1070. The van der Waals surface area contributed by atoms with E-state index in [0.717, 1.165) is 12.8 Å². The minimum atomic E-state index is -0.654. The number of carbonyl (C=O) groups is 1. The Balaban J connectivity index is 1.51. The van der Waals surface area contributed by atoms with Gasteiger partial charge in [-0.2, -0.15) is 0 Å². The Kier molecular flexibility index (Phi) is 5.26. The van der Waals surface area contributed by atoms with Crippen molar-refractivity contribution in [3.63, 3.8) is 0 Å². The van der Waals surface area contributed by atoms with Crippen molar-refractivity contribution in [2.45, 2.75) is 32.4 Å². The summed E-state index contributed by atoms with van der Waals surface area (Å²) in [5.41, 5.74) is 1.18. The molecule has 0 N–H and O–H groups in total. The Morgan fingerprint density at radius 1 is 1.28 bits per heavy atom. The number of aromatic nitrogens is 2. The number of amides is 1. The fourth-order valence-electron chi connectivity index (χ4n) is 3.37. The lowest BCUT2D eigenvalue weighted by atomic mass is 10.1. The zero-order valence-electron chi connectivity index (χ0n) is 16.3. The van der Waals surface area contributed by atoms with E-state index in [0.29, 0.717) is 35.1 Å². The van der Waals surface area contributed by atoms with Gasteiger partial charge in [-0.15, -0.1) is 0 Å². The molecule has 0 saturated carbocycles. The molecule has 1 aliphatic rings. The van der Waals surface area contributed by atoms with Crippen LogP contribution in [0.4, 0.5) is 0 Å². The monoisotopic (exact) mass is 395 g/mol. The van der Waals surface area contributed by atoms with Crippen LogP contribution < -0.4 is 5.63 Å². The van der Waals surface area contributed by atoms with Crippen LogP contribution in [0.25, 0.3) is 11.4 Å². The van der Waals surface area contributed by atoms with Gasteiger partial charge in [-0.05, 0) is 43.5 Å². The van der Waals surface area contributed by atoms with Crippen LogP contribution in [0.1, 0.15) is 46.4 Å². The van der Waals surface area contributed by atoms with Crippen molar-refractivity contribution in [3.8, 4) is 11.4 Å². The molecule has 4 heterocycles. The molecule has 1 atom stereocenters. The summed E-state index contributed by atoms with van der Waals surface area (Å²) in [5.74, 6) is 0.518. The Morgan fingerprint density at radius 2 is 2.14 bits per heavy atom. The lowest BCUT2D eigenvalue weighted by Gasteiger charge is -2.17. The first-order valence-corrected chi connectivity index (χ1v) is 9.41. The van der Waals surface area contributed by atoms with Crippen molar-refractivity contribution in [3.05, 3.63) is 69.6 Å². The zero-order valence-corrected chi connectivity index (χ0v) is 16.3. The minimum absolute atomic E-state index is 0.0127. The van der Waals surface area contributed by atoms with Gasteiger partial charge in [0, 0.05) is 25.9 Å². The van der Waals surface area contributed by atoms with E-state index in [-0.39, 0.29) is 18.2 Å². The van der Waals surface area contributed by atoms with Gasteiger partial charge in [0.25, 0.3) is 5.91 Å². The highest BCUT2D eigenvalue weighted by Crippen LogP contribution is 2.28. The maximum atomic E-state index is 12.9. The summed E-state index contributed by atoms with van der Waals surface area (Å²) in [6.45, 7) is 2.53. The molecule has 1 amide bonds. The molecule has 0 radical (unpaired) electrons. The first-order chi connectivity index (χ1) is 14.0. The van der Waals surface area contributed by atoms with E-state index in [4.69, 9.17) is 13.7 Å². The van der Waals surface area contributed by atoms with Crippen LogP contribution in [0.3, 0.4) is 0 Å². The van der Waals surface area contributed by atoms with Crippen molar-refractivity contribution in [2.75, 3.05) is 13.7 Å². The summed E-state index contributed by atoms with van der Waals surface area (Å²) < 4.78 is 16.3. The van der Waals surface area contributed by atoms with Crippen molar-refractivity contribution >= 4 is 5.91 Å². The van der Waals surface area contributed by atoms with Crippen LogP contribution >= 0.6 is 0 Å². The van der Waals surface area contributed by atoms with E-state index in [9.17, 15) is 9.59 Å². The van der Waals surface area contributed by atoms with Crippen molar-refractivity contribution in [1.82, 2.24) is 15.0 Å². The van der Waals surface area contributed by atoms with Crippen LogP contribution in [0, 0.1) is 6.92 Å². The third-order valence-electron chi connectivity index (χ3n) is 4.85. The van der Waals surface area contributed by atoms with Gasteiger partial charge in [-0.25, -0.2) is 4.79 Å².